The molecular formula is C3H4Cl3NO. The number of carbonyl (C=O) groups is 1. The lowest BCUT2D eigenvalue weighted by molar-refractivity contribution is -0.119. The molecule has 0 aliphatic heterocycles. The molecule has 0 unspecified atom stereocenters. The lowest BCUT2D eigenvalue weighted by Crippen LogP contribution is -2.30. The molecule has 0 bridgehead atoms. The zero-order chi connectivity index (χ0) is 6.78. The average molecular weight is 176 g/mol. The van der Waals surface area contributed by atoms with Crippen molar-refractivity contribution < 1.29 is 4.79 Å². The second-order valence-electron chi connectivity index (χ2n) is 1.31. The summed E-state index contributed by atoms with van der Waals surface area (Å²) in [5, 5.41) is 0. The number of carbonyl (C=O) groups excluding carboxylic acids is 1. The summed E-state index contributed by atoms with van der Waals surface area (Å²) in [6.07, 6.45) is 0. The fraction of sp³-hybridized carbons (Fsp3) is 0.667. The Morgan fingerprint density at radius 3 is 2.00 bits per heavy atom. The molecule has 0 atom stereocenters. The summed E-state index contributed by atoms with van der Waals surface area (Å²) in [5.74, 6) is -0.623. The second-order valence-corrected chi connectivity index (χ2v) is 3.21. The Labute approximate surface area is 62.2 Å². The van der Waals surface area contributed by atoms with Crippen LogP contribution in [0.5, 0.6) is 0 Å². The fourth-order valence-electron chi connectivity index (χ4n) is 0.0830. The van der Waals surface area contributed by atoms with Crippen molar-refractivity contribution in [3.05, 3.63) is 0 Å². The summed E-state index contributed by atoms with van der Waals surface area (Å²) in [6, 6.07) is 0. The average Bonchev–Trinajstić information content (AvgIpc) is 1.62. The molecule has 0 saturated heterocycles. The van der Waals surface area contributed by atoms with Crippen LogP contribution in [0.1, 0.15) is 6.92 Å². The maximum absolute atomic E-state index is 10.3. The molecular weight excluding hydrogens is 172 g/mol. The molecule has 1 N–H and O–H groups in total. The van der Waals surface area contributed by atoms with E-state index in [-0.39, 0.29) is 0 Å². The molecule has 0 spiro atoms. The zero-order valence-corrected chi connectivity index (χ0v) is 6.31. The maximum Gasteiger partial charge on any atom is 0.270 e. The molecule has 0 aromatic rings. The molecule has 0 aliphatic carbocycles. The van der Waals surface area contributed by atoms with Gasteiger partial charge in [0.1, 0.15) is 0 Å². The van der Waals surface area contributed by atoms with E-state index in [0.717, 1.165) is 0 Å². The number of amides is 1. The molecule has 8 heavy (non-hydrogen) atoms. The minimum absolute atomic E-state index is 0.623. The third-order valence-corrected chi connectivity index (χ3v) is 0.999. The SMILES string of the molecule is CC(Cl)(Cl)C(=O)NCl. The zero-order valence-electron chi connectivity index (χ0n) is 4.04. The van der Waals surface area contributed by atoms with Crippen molar-refractivity contribution in [3.8, 4) is 0 Å². The minimum atomic E-state index is -1.43. The molecule has 2 nitrogen and oxygen atoms in total. The Morgan fingerprint density at radius 1 is 1.62 bits per heavy atom. The summed E-state index contributed by atoms with van der Waals surface area (Å²) >= 11 is 15.4. The van der Waals surface area contributed by atoms with E-state index in [1.807, 2.05) is 0 Å². The van der Waals surface area contributed by atoms with E-state index in [2.05, 4.69) is 0 Å². The predicted octanol–water partition coefficient (Wildman–Crippen LogP) is 1.45. The van der Waals surface area contributed by atoms with Gasteiger partial charge < -0.3 is 0 Å². The first-order valence-corrected chi connectivity index (χ1v) is 2.90. The monoisotopic (exact) mass is 175 g/mol. The number of halogens is 3. The van der Waals surface area contributed by atoms with E-state index in [1.165, 1.54) is 6.92 Å². The van der Waals surface area contributed by atoms with E-state index in [4.69, 9.17) is 35.0 Å². The number of hydrogen-bond donors (Lipinski definition) is 1. The van der Waals surface area contributed by atoms with Crippen LogP contribution >= 0.6 is 35.0 Å². The summed E-state index contributed by atoms with van der Waals surface area (Å²) in [4.78, 5) is 12.1. The molecule has 0 fully saturated rings. The maximum atomic E-state index is 10.3. The van der Waals surface area contributed by atoms with Crippen LogP contribution in [0.4, 0.5) is 0 Å². The Hall–Kier alpha value is 0.340. The Bertz CT molecular complexity index is 97.2. The van der Waals surface area contributed by atoms with Gasteiger partial charge in [-0.05, 0) is 6.92 Å². The highest BCUT2D eigenvalue weighted by Gasteiger charge is 2.26. The third kappa shape index (κ3) is 2.60. The Morgan fingerprint density at radius 2 is 2.00 bits per heavy atom. The van der Waals surface area contributed by atoms with Crippen molar-refractivity contribution >= 4 is 40.9 Å². The second kappa shape index (κ2) is 2.76. The number of hydrogen-bond acceptors (Lipinski definition) is 1. The van der Waals surface area contributed by atoms with Gasteiger partial charge in [0.05, 0.1) is 0 Å². The van der Waals surface area contributed by atoms with Gasteiger partial charge in [-0.25, -0.2) is 0 Å². The molecule has 1 amide bonds. The van der Waals surface area contributed by atoms with Gasteiger partial charge in [0, 0.05) is 11.8 Å². The van der Waals surface area contributed by atoms with Crippen molar-refractivity contribution in [1.29, 1.82) is 0 Å². The van der Waals surface area contributed by atoms with Crippen LogP contribution in [-0.2, 0) is 4.79 Å². The first-order chi connectivity index (χ1) is 3.48. The van der Waals surface area contributed by atoms with Gasteiger partial charge in [-0.15, -0.1) is 0 Å². The van der Waals surface area contributed by atoms with E-state index < -0.39 is 10.2 Å². The van der Waals surface area contributed by atoms with Gasteiger partial charge in [-0.3, -0.25) is 9.63 Å². The summed E-state index contributed by atoms with van der Waals surface area (Å²) in [7, 11) is 0. The quantitative estimate of drug-likeness (QED) is 0.475. The molecule has 0 aromatic carbocycles. The van der Waals surface area contributed by atoms with E-state index in [0.29, 0.717) is 0 Å². The van der Waals surface area contributed by atoms with Crippen molar-refractivity contribution in [1.82, 2.24) is 4.84 Å². The lowest BCUT2D eigenvalue weighted by Gasteiger charge is -2.07. The van der Waals surface area contributed by atoms with Gasteiger partial charge in [-0.2, -0.15) is 0 Å². The van der Waals surface area contributed by atoms with Gasteiger partial charge in [0.2, 0.25) is 0 Å². The van der Waals surface area contributed by atoms with Gasteiger partial charge >= 0.3 is 0 Å². The molecule has 0 radical (unpaired) electrons. The topological polar surface area (TPSA) is 29.1 Å². The number of nitrogens with one attached hydrogen (secondary N) is 1. The largest absolute Gasteiger partial charge is 0.270 e. The minimum Gasteiger partial charge on any atom is -0.270 e. The van der Waals surface area contributed by atoms with Crippen LogP contribution in [0, 0.1) is 0 Å². The molecule has 0 aliphatic rings. The van der Waals surface area contributed by atoms with Crippen LogP contribution in [0.3, 0.4) is 0 Å². The molecule has 48 valence electrons. The van der Waals surface area contributed by atoms with Crippen LogP contribution in [0.2, 0.25) is 0 Å². The highest BCUT2D eigenvalue weighted by molar-refractivity contribution is 6.58. The van der Waals surface area contributed by atoms with E-state index >= 15 is 0 Å². The number of rotatable bonds is 1. The normalized spacial score (nSPS) is 11.0. The third-order valence-electron chi connectivity index (χ3n) is 0.485. The van der Waals surface area contributed by atoms with Crippen molar-refractivity contribution in [2.45, 2.75) is 11.3 Å². The van der Waals surface area contributed by atoms with Crippen molar-refractivity contribution in [3.63, 3.8) is 0 Å². The fourth-order valence-corrected chi connectivity index (χ4v) is 0.463. The van der Waals surface area contributed by atoms with Crippen molar-refractivity contribution in [2.75, 3.05) is 0 Å². The van der Waals surface area contributed by atoms with Crippen LogP contribution < -0.4 is 4.84 Å². The lowest BCUT2D eigenvalue weighted by atomic mass is 10.4. The van der Waals surface area contributed by atoms with Crippen LogP contribution in [0.25, 0.3) is 0 Å². The summed E-state index contributed by atoms with van der Waals surface area (Å²) < 4.78 is -1.43. The smallest absolute Gasteiger partial charge is 0.270 e. The first kappa shape index (κ1) is 8.34. The van der Waals surface area contributed by atoms with Crippen molar-refractivity contribution in [2.24, 2.45) is 0 Å². The molecule has 0 heterocycles. The molecule has 0 saturated carbocycles. The Balaban J connectivity index is 3.82. The van der Waals surface area contributed by atoms with E-state index in [9.17, 15) is 4.79 Å². The highest BCUT2D eigenvalue weighted by atomic mass is 35.5. The first-order valence-electron chi connectivity index (χ1n) is 1.77. The number of alkyl halides is 2. The van der Waals surface area contributed by atoms with Gasteiger partial charge in [0.25, 0.3) is 5.91 Å². The highest BCUT2D eigenvalue weighted by Crippen LogP contribution is 2.19. The van der Waals surface area contributed by atoms with Crippen LogP contribution in [0.15, 0.2) is 0 Å². The molecule has 0 aromatic heterocycles. The van der Waals surface area contributed by atoms with E-state index in [1.54, 1.807) is 4.84 Å². The van der Waals surface area contributed by atoms with Gasteiger partial charge in [-0.1, -0.05) is 23.2 Å². The molecule has 5 heteroatoms. The van der Waals surface area contributed by atoms with Gasteiger partial charge in [0.15, 0.2) is 4.33 Å². The summed E-state index contributed by atoms with van der Waals surface area (Å²) in [5.41, 5.74) is 0. The predicted molar refractivity (Wildman–Crippen MR) is 34.1 cm³/mol. The van der Waals surface area contributed by atoms with Crippen LogP contribution in [-0.4, -0.2) is 10.2 Å². The molecule has 0 rings (SSSR count). The Kier molecular flexibility index (Phi) is 2.88. The standard InChI is InChI=1S/C3H4Cl3NO/c1-3(4,5)2(8)7-6/h1H3,(H,7,8). The summed E-state index contributed by atoms with van der Waals surface area (Å²) in [6.45, 7) is 1.33.